The normalized spacial score (nSPS) is 16.7. The van der Waals surface area contributed by atoms with Gasteiger partial charge >= 0.3 is 0 Å². The molecule has 0 N–H and O–H groups in total. The van der Waals surface area contributed by atoms with Crippen LogP contribution in [0.1, 0.15) is 23.2 Å². The van der Waals surface area contributed by atoms with Crippen LogP contribution in [0, 0.1) is 18.3 Å². The molecule has 2 aromatic rings. The molecule has 1 aliphatic heterocycles. The number of amides is 1. The number of benzene rings is 1. The van der Waals surface area contributed by atoms with Crippen molar-refractivity contribution in [1.29, 1.82) is 5.26 Å². The number of likely N-dealkylation sites (tertiary alicyclic amines) is 1. The Labute approximate surface area is 140 Å². The molecule has 1 fully saturated rings. The second kappa shape index (κ2) is 7.09. The van der Waals surface area contributed by atoms with Crippen LogP contribution in [0.3, 0.4) is 0 Å². The quantitative estimate of drug-likeness (QED) is 0.858. The number of hydrogen-bond donors (Lipinski definition) is 0. The zero-order valence-electron chi connectivity index (χ0n) is 13.5. The third-order valence-electron chi connectivity index (χ3n) is 3.98. The van der Waals surface area contributed by atoms with Gasteiger partial charge in [0.15, 0.2) is 0 Å². The van der Waals surface area contributed by atoms with Crippen molar-refractivity contribution < 1.29 is 9.53 Å². The number of nitriles is 1. The van der Waals surface area contributed by atoms with Crippen molar-refractivity contribution in [2.45, 2.75) is 25.9 Å². The van der Waals surface area contributed by atoms with E-state index in [9.17, 15) is 4.79 Å². The molecular formula is C18H18N4O2. The molecule has 1 unspecified atom stereocenters. The van der Waals surface area contributed by atoms with Gasteiger partial charge in [0.2, 0.25) is 11.6 Å². The fraction of sp³-hybridized carbons (Fsp3) is 0.333. The van der Waals surface area contributed by atoms with E-state index in [0.29, 0.717) is 19.5 Å². The molecule has 24 heavy (non-hydrogen) atoms. The van der Waals surface area contributed by atoms with Crippen LogP contribution in [0.25, 0.3) is 0 Å². The van der Waals surface area contributed by atoms with E-state index in [1.165, 1.54) is 12.4 Å². The Morgan fingerprint density at radius 1 is 1.42 bits per heavy atom. The predicted molar refractivity (Wildman–Crippen MR) is 87.2 cm³/mol. The van der Waals surface area contributed by atoms with Gasteiger partial charge in [-0.1, -0.05) is 29.8 Å². The smallest absolute Gasteiger partial charge is 0.251 e. The Morgan fingerprint density at radius 2 is 2.25 bits per heavy atom. The molecule has 6 heteroatoms. The van der Waals surface area contributed by atoms with Crippen molar-refractivity contribution in [2.24, 2.45) is 0 Å². The molecule has 0 saturated carbocycles. The van der Waals surface area contributed by atoms with Gasteiger partial charge in [0.05, 0.1) is 13.0 Å². The van der Waals surface area contributed by atoms with E-state index in [0.717, 1.165) is 17.5 Å². The molecule has 1 aliphatic rings. The number of aromatic nitrogens is 2. The average Bonchev–Trinajstić information content (AvgIpc) is 3.04. The largest absolute Gasteiger partial charge is 0.470 e. The lowest BCUT2D eigenvalue weighted by Gasteiger charge is -2.17. The molecule has 1 saturated heterocycles. The van der Waals surface area contributed by atoms with E-state index in [2.05, 4.69) is 9.97 Å². The summed E-state index contributed by atoms with van der Waals surface area (Å²) in [7, 11) is 0. The Hall–Kier alpha value is -2.94. The maximum Gasteiger partial charge on any atom is 0.251 e. The van der Waals surface area contributed by atoms with Crippen LogP contribution in [0.15, 0.2) is 36.7 Å². The highest BCUT2D eigenvalue weighted by atomic mass is 16.5. The molecular weight excluding hydrogens is 304 g/mol. The highest BCUT2D eigenvalue weighted by Crippen LogP contribution is 2.19. The van der Waals surface area contributed by atoms with Crippen LogP contribution >= 0.6 is 0 Å². The zero-order valence-corrected chi connectivity index (χ0v) is 13.5. The third kappa shape index (κ3) is 3.69. The van der Waals surface area contributed by atoms with Crippen molar-refractivity contribution in [2.75, 3.05) is 13.1 Å². The Bertz CT molecular complexity index is 785. The van der Waals surface area contributed by atoms with Crippen LogP contribution in [-0.4, -0.2) is 40.0 Å². The van der Waals surface area contributed by atoms with E-state index >= 15 is 0 Å². The minimum atomic E-state index is -0.157. The summed E-state index contributed by atoms with van der Waals surface area (Å²) in [6.07, 6.45) is 3.91. The molecule has 2 heterocycles. The van der Waals surface area contributed by atoms with E-state index in [4.69, 9.17) is 10.00 Å². The molecule has 0 spiro atoms. The van der Waals surface area contributed by atoms with Crippen LogP contribution in [0.2, 0.25) is 0 Å². The van der Waals surface area contributed by atoms with Crippen LogP contribution < -0.4 is 4.74 Å². The number of ether oxygens (including phenoxy) is 1. The molecule has 1 amide bonds. The summed E-state index contributed by atoms with van der Waals surface area (Å²) in [4.78, 5) is 22.2. The van der Waals surface area contributed by atoms with Gasteiger partial charge in [0, 0.05) is 25.4 Å². The fourth-order valence-corrected chi connectivity index (χ4v) is 2.81. The minimum absolute atomic E-state index is 0.0892. The van der Waals surface area contributed by atoms with Gasteiger partial charge in [-0.2, -0.15) is 5.26 Å². The second-order valence-corrected chi connectivity index (χ2v) is 5.86. The van der Waals surface area contributed by atoms with Crippen LogP contribution in [0.5, 0.6) is 5.88 Å². The summed E-state index contributed by atoms with van der Waals surface area (Å²) < 4.78 is 5.76. The third-order valence-corrected chi connectivity index (χ3v) is 3.98. The highest BCUT2D eigenvalue weighted by Gasteiger charge is 2.28. The van der Waals surface area contributed by atoms with Crippen molar-refractivity contribution in [3.8, 4) is 11.9 Å². The van der Waals surface area contributed by atoms with Crippen molar-refractivity contribution in [3.63, 3.8) is 0 Å². The van der Waals surface area contributed by atoms with Crippen LogP contribution in [-0.2, 0) is 11.2 Å². The van der Waals surface area contributed by atoms with Gasteiger partial charge in [-0.15, -0.1) is 0 Å². The summed E-state index contributed by atoms with van der Waals surface area (Å²) in [6.45, 7) is 3.17. The lowest BCUT2D eigenvalue weighted by Crippen LogP contribution is -2.32. The molecule has 1 aromatic heterocycles. The molecule has 1 aromatic carbocycles. The predicted octanol–water partition coefficient (Wildman–Crippen LogP) is 1.88. The highest BCUT2D eigenvalue weighted by molar-refractivity contribution is 5.79. The molecule has 6 nitrogen and oxygen atoms in total. The number of nitrogens with zero attached hydrogens (tertiary/aromatic N) is 4. The number of rotatable bonds is 4. The van der Waals surface area contributed by atoms with Crippen LogP contribution in [0.4, 0.5) is 0 Å². The Balaban J connectivity index is 1.59. The van der Waals surface area contributed by atoms with Crippen molar-refractivity contribution in [1.82, 2.24) is 14.9 Å². The van der Waals surface area contributed by atoms with Crippen molar-refractivity contribution >= 4 is 5.91 Å². The van der Waals surface area contributed by atoms with Gasteiger partial charge in [0.25, 0.3) is 5.88 Å². The summed E-state index contributed by atoms with van der Waals surface area (Å²) in [6, 6.07) is 9.94. The SMILES string of the molecule is Cc1cccc(CC(=O)N2CCC(Oc3nccnc3C#N)C2)c1. The monoisotopic (exact) mass is 322 g/mol. The maximum atomic E-state index is 12.4. The average molecular weight is 322 g/mol. The Kier molecular flexibility index (Phi) is 4.71. The molecule has 122 valence electrons. The van der Waals surface area contributed by atoms with E-state index in [1.807, 2.05) is 37.3 Å². The van der Waals surface area contributed by atoms with Gasteiger partial charge in [0.1, 0.15) is 12.2 Å². The first kappa shape index (κ1) is 15.9. The number of aryl methyl sites for hydroxylation is 1. The first-order valence-corrected chi connectivity index (χ1v) is 7.87. The fourth-order valence-electron chi connectivity index (χ4n) is 2.81. The van der Waals surface area contributed by atoms with E-state index < -0.39 is 0 Å². The second-order valence-electron chi connectivity index (χ2n) is 5.86. The minimum Gasteiger partial charge on any atom is -0.470 e. The van der Waals surface area contributed by atoms with Gasteiger partial charge in [-0.25, -0.2) is 9.97 Å². The number of carbonyl (C=O) groups excluding carboxylic acids is 1. The Morgan fingerprint density at radius 3 is 3.04 bits per heavy atom. The first-order valence-electron chi connectivity index (χ1n) is 7.87. The summed E-state index contributed by atoms with van der Waals surface area (Å²) in [5, 5.41) is 9.02. The maximum absolute atomic E-state index is 12.4. The van der Waals surface area contributed by atoms with Gasteiger partial charge in [-0.3, -0.25) is 4.79 Å². The van der Waals surface area contributed by atoms with Gasteiger partial charge in [-0.05, 0) is 12.5 Å². The lowest BCUT2D eigenvalue weighted by molar-refractivity contribution is -0.129. The van der Waals surface area contributed by atoms with E-state index in [-0.39, 0.29) is 23.6 Å². The molecule has 1 atom stereocenters. The first-order chi connectivity index (χ1) is 11.7. The van der Waals surface area contributed by atoms with Crippen molar-refractivity contribution in [3.05, 3.63) is 53.5 Å². The molecule has 3 rings (SSSR count). The topological polar surface area (TPSA) is 79.1 Å². The van der Waals surface area contributed by atoms with E-state index in [1.54, 1.807) is 4.90 Å². The molecule has 0 aliphatic carbocycles. The molecule has 0 radical (unpaired) electrons. The standard InChI is InChI=1S/C18H18N4O2/c1-13-3-2-4-14(9-13)10-17(23)22-8-5-15(12-22)24-18-16(11-19)20-6-7-21-18/h2-4,6-7,9,15H,5,8,10,12H2,1H3. The summed E-state index contributed by atoms with van der Waals surface area (Å²) >= 11 is 0. The molecule has 0 bridgehead atoms. The summed E-state index contributed by atoms with van der Waals surface area (Å²) in [5.74, 6) is 0.323. The summed E-state index contributed by atoms with van der Waals surface area (Å²) in [5.41, 5.74) is 2.33. The lowest BCUT2D eigenvalue weighted by atomic mass is 10.1. The number of carbonyl (C=O) groups is 1. The number of hydrogen-bond acceptors (Lipinski definition) is 5. The zero-order chi connectivity index (χ0) is 16.9. The van der Waals surface area contributed by atoms with Gasteiger partial charge < -0.3 is 9.64 Å².